The normalized spacial score (nSPS) is 13.5. The van der Waals surface area contributed by atoms with Crippen LogP contribution in [-0.2, 0) is 0 Å². The zero-order valence-corrected chi connectivity index (χ0v) is 18.4. The molecule has 0 aromatic rings. The van der Waals surface area contributed by atoms with E-state index in [1.165, 1.54) is 77.4 Å². The third-order valence-corrected chi connectivity index (χ3v) is 5.20. The summed E-state index contributed by atoms with van der Waals surface area (Å²) in [4.78, 5) is 2.68. The fourth-order valence-electron chi connectivity index (χ4n) is 2.79. The van der Waals surface area contributed by atoms with E-state index in [1.807, 2.05) is 0 Å². The Kier molecular flexibility index (Phi) is 18.0. The Balaban J connectivity index is 0. The molecule has 0 bridgehead atoms. The molecule has 146 valence electrons. The van der Waals surface area contributed by atoms with Crippen LogP contribution < -0.4 is 0 Å². The molecule has 0 saturated carbocycles. The van der Waals surface area contributed by atoms with Crippen molar-refractivity contribution in [1.82, 2.24) is 4.90 Å². The van der Waals surface area contributed by atoms with Crippen LogP contribution in [-0.4, -0.2) is 24.5 Å². The van der Waals surface area contributed by atoms with Crippen molar-refractivity contribution in [1.29, 1.82) is 0 Å². The van der Waals surface area contributed by atoms with Gasteiger partial charge in [-0.2, -0.15) is 0 Å². The highest BCUT2D eigenvalue weighted by Crippen LogP contribution is 2.26. The second kappa shape index (κ2) is 16.5. The van der Waals surface area contributed by atoms with E-state index in [1.54, 1.807) is 0 Å². The molecule has 0 aliphatic heterocycles. The van der Waals surface area contributed by atoms with Crippen molar-refractivity contribution < 1.29 is 0 Å². The molecule has 1 unspecified atom stereocenters. The molecular formula is C22H46ClN. The first-order valence-electron chi connectivity index (χ1n) is 10.3. The topological polar surface area (TPSA) is 3.24 Å². The van der Waals surface area contributed by atoms with Crippen molar-refractivity contribution in [3.8, 4) is 0 Å². The molecule has 0 aliphatic carbocycles. The van der Waals surface area contributed by atoms with Crippen LogP contribution in [0.3, 0.4) is 0 Å². The van der Waals surface area contributed by atoms with Crippen LogP contribution in [0.1, 0.15) is 99.3 Å². The van der Waals surface area contributed by atoms with Gasteiger partial charge in [-0.3, -0.25) is 0 Å². The van der Waals surface area contributed by atoms with E-state index in [0.717, 1.165) is 5.92 Å². The first-order chi connectivity index (χ1) is 10.9. The predicted molar refractivity (Wildman–Crippen MR) is 114 cm³/mol. The van der Waals surface area contributed by atoms with Crippen LogP contribution in [0.25, 0.3) is 0 Å². The van der Waals surface area contributed by atoms with Crippen molar-refractivity contribution in [3.63, 3.8) is 0 Å². The molecule has 1 atom stereocenters. The van der Waals surface area contributed by atoms with E-state index in [2.05, 4.69) is 58.6 Å². The van der Waals surface area contributed by atoms with Gasteiger partial charge in [-0.25, -0.2) is 0 Å². The van der Waals surface area contributed by atoms with E-state index in [9.17, 15) is 0 Å². The number of allylic oxidation sites excluding steroid dienone is 2. The van der Waals surface area contributed by atoms with Crippen LogP contribution in [0.4, 0.5) is 0 Å². The van der Waals surface area contributed by atoms with Gasteiger partial charge in [0, 0.05) is 0 Å². The van der Waals surface area contributed by atoms with Crippen molar-refractivity contribution >= 4 is 12.4 Å². The van der Waals surface area contributed by atoms with Crippen LogP contribution in [0.2, 0.25) is 0 Å². The summed E-state index contributed by atoms with van der Waals surface area (Å²) in [6.45, 7) is 17.9. The van der Waals surface area contributed by atoms with Gasteiger partial charge in [-0.15, -0.1) is 12.4 Å². The molecule has 24 heavy (non-hydrogen) atoms. The second-order valence-electron chi connectivity index (χ2n) is 8.15. The van der Waals surface area contributed by atoms with Crippen LogP contribution in [0.5, 0.6) is 0 Å². The lowest BCUT2D eigenvalue weighted by Crippen LogP contribution is -2.28. The van der Waals surface area contributed by atoms with Gasteiger partial charge >= 0.3 is 0 Å². The molecule has 2 heteroatoms. The van der Waals surface area contributed by atoms with Gasteiger partial charge in [-0.05, 0) is 69.5 Å². The lowest BCUT2D eigenvalue weighted by atomic mass is 9.85. The Morgan fingerprint density at radius 1 is 0.917 bits per heavy atom. The number of rotatable bonds is 15. The molecule has 0 spiro atoms. The molecule has 0 aromatic carbocycles. The van der Waals surface area contributed by atoms with Crippen molar-refractivity contribution in [2.24, 2.45) is 11.3 Å². The van der Waals surface area contributed by atoms with Crippen molar-refractivity contribution in [2.45, 2.75) is 99.3 Å². The standard InChI is InChI=1S/C22H45N.ClH/c1-7-10-18-23(19-11-8-2)20-16-21(4)15-13-12-14-17-22(5,6)9-3;/h13,15,21H,7-12,14,16-20H2,1-6H3;1H. The lowest BCUT2D eigenvalue weighted by Gasteiger charge is -2.23. The molecule has 0 aliphatic rings. The van der Waals surface area contributed by atoms with E-state index >= 15 is 0 Å². The molecule has 0 fully saturated rings. The molecule has 0 aromatic heterocycles. The summed E-state index contributed by atoms with van der Waals surface area (Å²) in [5.41, 5.74) is 0.526. The Bertz CT molecular complexity index is 278. The van der Waals surface area contributed by atoms with Crippen LogP contribution in [0.15, 0.2) is 12.2 Å². The summed E-state index contributed by atoms with van der Waals surface area (Å²) in [7, 11) is 0. The number of hydrogen-bond donors (Lipinski definition) is 0. The van der Waals surface area contributed by atoms with Gasteiger partial charge in [-0.1, -0.05) is 73.0 Å². The molecule has 0 saturated heterocycles. The minimum absolute atomic E-state index is 0. The minimum atomic E-state index is 0. The third-order valence-electron chi connectivity index (χ3n) is 5.20. The second-order valence-corrected chi connectivity index (χ2v) is 8.15. The third kappa shape index (κ3) is 15.5. The minimum Gasteiger partial charge on any atom is -0.303 e. The molecule has 0 amide bonds. The highest BCUT2D eigenvalue weighted by molar-refractivity contribution is 5.85. The van der Waals surface area contributed by atoms with Gasteiger partial charge in [0.15, 0.2) is 0 Å². The fourth-order valence-corrected chi connectivity index (χ4v) is 2.79. The number of unbranched alkanes of at least 4 members (excludes halogenated alkanes) is 3. The molecule has 0 N–H and O–H groups in total. The lowest BCUT2D eigenvalue weighted by molar-refractivity contribution is 0.254. The molecule has 1 nitrogen and oxygen atoms in total. The summed E-state index contributed by atoms with van der Waals surface area (Å²) in [5, 5.41) is 0. The number of hydrogen-bond acceptors (Lipinski definition) is 1. The molecular weight excluding hydrogens is 314 g/mol. The zero-order valence-electron chi connectivity index (χ0n) is 17.6. The van der Waals surface area contributed by atoms with E-state index in [-0.39, 0.29) is 12.4 Å². The summed E-state index contributed by atoms with van der Waals surface area (Å²) in [6, 6.07) is 0. The van der Waals surface area contributed by atoms with E-state index < -0.39 is 0 Å². The number of nitrogens with zero attached hydrogens (tertiary/aromatic N) is 1. The highest BCUT2D eigenvalue weighted by Gasteiger charge is 2.13. The Morgan fingerprint density at radius 2 is 1.50 bits per heavy atom. The Morgan fingerprint density at radius 3 is 2.00 bits per heavy atom. The van der Waals surface area contributed by atoms with Gasteiger partial charge < -0.3 is 4.90 Å². The van der Waals surface area contributed by atoms with Crippen LogP contribution in [0, 0.1) is 11.3 Å². The van der Waals surface area contributed by atoms with Crippen molar-refractivity contribution in [2.75, 3.05) is 19.6 Å². The summed E-state index contributed by atoms with van der Waals surface area (Å²) < 4.78 is 0. The predicted octanol–water partition coefficient (Wildman–Crippen LogP) is 7.50. The van der Waals surface area contributed by atoms with Crippen LogP contribution >= 0.6 is 12.4 Å². The smallest absolute Gasteiger partial charge is 0.00132 e. The zero-order chi connectivity index (χ0) is 17.6. The SMILES string of the molecule is CCCCN(CCCC)CCC(C)C=CCCCC(C)(C)CC.Cl. The summed E-state index contributed by atoms with van der Waals surface area (Å²) >= 11 is 0. The first-order valence-corrected chi connectivity index (χ1v) is 10.3. The van der Waals surface area contributed by atoms with Gasteiger partial charge in [0.2, 0.25) is 0 Å². The largest absolute Gasteiger partial charge is 0.303 e. The quantitative estimate of drug-likeness (QED) is 0.216. The summed E-state index contributed by atoms with van der Waals surface area (Å²) in [5.74, 6) is 0.722. The first kappa shape index (κ1) is 26.2. The number of halogens is 1. The van der Waals surface area contributed by atoms with Gasteiger partial charge in [0.25, 0.3) is 0 Å². The van der Waals surface area contributed by atoms with E-state index in [4.69, 9.17) is 0 Å². The average molecular weight is 360 g/mol. The molecule has 0 radical (unpaired) electrons. The average Bonchev–Trinajstić information content (AvgIpc) is 2.53. The molecule has 0 rings (SSSR count). The maximum atomic E-state index is 2.68. The highest BCUT2D eigenvalue weighted by atomic mass is 35.5. The monoisotopic (exact) mass is 359 g/mol. The van der Waals surface area contributed by atoms with E-state index in [0.29, 0.717) is 5.41 Å². The molecule has 0 heterocycles. The van der Waals surface area contributed by atoms with Gasteiger partial charge in [0.05, 0.1) is 0 Å². The fraction of sp³-hybridized carbons (Fsp3) is 0.909. The Hall–Kier alpha value is -0.0100. The maximum absolute atomic E-state index is 2.68. The Labute approximate surface area is 160 Å². The maximum Gasteiger partial charge on any atom is -0.00132 e. The summed E-state index contributed by atoms with van der Waals surface area (Å²) in [6.07, 6.45) is 16.7. The van der Waals surface area contributed by atoms with Gasteiger partial charge in [0.1, 0.15) is 0 Å². The van der Waals surface area contributed by atoms with Crippen molar-refractivity contribution in [3.05, 3.63) is 12.2 Å².